The molecule has 0 saturated heterocycles. The van der Waals surface area contributed by atoms with Gasteiger partial charge in [-0.3, -0.25) is 4.79 Å². The van der Waals surface area contributed by atoms with Gasteiger partial charge in [0.2, 0.25) is 10.0 Å². The van der Waals surface area contributed by atoms with Crippen LogP contribution in [0.4, 0.5) is 0 Å². The van der Waals surface area contributed by atoms with E-state index in [0.717, 1.165) is 4.31 Å². The minimum absolute atomic E-state index is 0.0601. The molecule has 0 spiro atoms. The van der Waals surface area contributed by atoms with Gasteiger partial charge >= 0.3 is 5.97 Å². The van der Waals surface area contributed by atoms with E-state index < -0.39 is 16.0 Å². The van der Waals surface area contributed by atoms with Crippen LogP contribution < -0.4 is 0 Å². The van der Waals surface area contributed by atoms with Crippen molar-refractivity contribution in [2.45, 2.75) is 17.7 Å². The third-order valence-electron chi connectivity index (χ3n) is 2.37. The molecule has 0 aliphatic heterocycles. The first kappa shape index (κ1) is 14.9. The van der Waals surface area contributed by atoms with E-state index in [0.29, 0.717) is 5.02 Å². The van der Waals surface area contributed by atoms with E-state index in [9.17, 15) is 13.2 Å². The zero-order valence-corrected chi connectivity index (χ0v) is 11.4. The van der Waals surface area contributed by atoms with Gasteiger partial charge in [-0.1, -0.05) is 17.7 Å². The van der Waals surface area contributed by atoms with Gasteiger partial charge in [-0.15, -0.1) is 0 Å². The first-order valence-electron chi connectivity index (χ1n) is 5.28. The van der Waals surface area contributed by atoms with Crippen molar-refractivity contribution in [3.05, 3.63) is 29.3 Å². The van der Waals surface area contributed by atoms with Gasteiger partial charge in [0.1, 0.15) is 0 Å². The number of halogens is 1. The summed E-state index contributed by atoms with van der Waals surface area (Å²) in [6.45, 7) is 0.154. The van der Waals surface area contributed by atoms with Crippen LogP contribution in [-0.4, -0.2) is 37.4 Å². The molecule has 1 aromatic rings. The van der Waals surface area contributed by atoms with Gasteiger partial charge in [-0.25, -0.2) is 12.7 Å². The molecule has 0 radical (unpaired) electrons. The minimum Gasteiger partial charge on any atom is -0.481 e. The molecule has 0 amide bonds. The Balaban J connectivity index is 2.77. The summed E-state index contributed by atoms with van der Waals surface area (Å²) in [7, 11) is -2.19. The van der Waals surface area contributed by atoms with Crippen LogP contribution in [0.3, 0.4) is 0 Å². The van der Waals surface area contributed by atoms with Crippen molar-refractivity contribution in [1.29, 1.82) is 0 Å². The fraction of sp³-hybridized carbons (Fsp3) is 0.364. The summed E-state index contributed by atoms with van der Waals surface area (Å²) in [5.41, 5.74) is 0. The molecule has 0 fully saturated rings. The summed E-state index contributed by atoms with van der Waals surface area (Å²) >= 11 is 5.74. The van der Waals surface area contributed by atoms with E-state index in [1.807, 2.05) is 0 Å². The highest BCUT2D eigenvalue weighted by Gasteiger charge is 2.20. The lowest BCUT2D eigenvalue weighted by Gasteiger charge is -2.16. The van der Waals surface area contributed by atoms with Crippen molar-refractivity contribution in [3.63, 3.8) is 0 Å². The summed E-state index contributed by atoms with van der Waals surface area (Å²) in [5, 5.41) is 8.84. The van der Waals surface area contributed by atoms with Crippen LogP contribution in [-0.2, 0) is 14.8 Å². The fourth-order valence-corrected chi connectivity index (χ4v) is 2.89. The normalized spacial score (nSPS) is 11.7. The Kier molecular flexibility index (Phi) is 5.13. The quantitative estimate of drug-likeness (QED) is 0.867. The number of benzene rings is 1. The van der Waals surface area contributed by atoms with E-state index in [2.05, 4.69) is 0 Å². The molecule has 0 heterocycles. The first-order valence-corrected chi connectivity index (χ1v) is 7.09. The van der Waals surface area contributed by atoms with Gasteiger partial charge in [0, 0.05) is 25.0 Å². The number of nitrogens with zero attached hydrogens (tertiary/aromatic N) is 1. The zero-order chi connectivity index (χ0) is 13.8. The molecular weight excluding hydrogens is 278 g/mol. The molecule has 18 heavy (non-hydrogen) atoms. The monoisotopic (exact) mass is 291 g/mol. The molecule has 100 valence electrons. The number of carbonyl (C=O) groups is 1. The lowest BCUT2D eigenvalue weighted by atomic mass is 10.3. The van der Waals surface area contributed by atoms with Gasteiger partial charge in [0.25, 0.3) is 0 Å². The summed E-state index contributed by atoms with van der Waals surface area (Å²) in [6.07, 6.45) is 0.209. The second-order valence-corrected chi connectivity index (χ2v) is 6.26. The molecule has 5 nitrogen and oxygen atoms in total. The molecule has 0 saturated carbocycles. The summed E-state index contributed by atoms with van der Waals surface area (Å²) in [4.78, 5) is 10.5. The highest BCUT2D eigenvalue weighted by Crippen LogP contribution is 2.18. The number of carboxylic acids is 1. The maximum absolute atomic E-state index is 12.1. The summed E-state index contributed by atoms with van der Waals surface area (Å²) < 4.78 is 25.3. The number of sulfonamides is 1. The minimum atomic E-state index is -3.60. The number of hydrogen-bond donors (Lipinski definition) is 1. The molecule has 0 aliphatic carbocycles. The summed E-state index contributed by atoms with van der Waals surface area (Å²) in [5.74, 6) is -0.941. The Morgan fingerprint density at radius 3 is 2.67 bits per heavy atom. The molecule has 1 rings (SSSR count). The second-order valence-electron chi connectivity index (χ2n) is 3.78. The van der Waals surface area contributed by atoms with Crippen LogP contribution in [0.1, 0.15) is 12.8 Å². The highest BCUT2D eigenvalue weighted by atomic mass is 35.5. The van der Waals surface area contributed by atoms with Gasteiger partial charge in [-0.05, 0) is 24.6 Å². The number of rotatable bonds is 6. The lowest BCUT2D eigenvalue weighted by Crippen LogP contribution is -2.28. The average Bonchev–Trinajstić information content (AvgIpc) is 2.28. The van der Waals surface area contributed by atoms with E-state index in [1.54, 1.807) is 12.1 Å². The maximum atomic E-state index is 12.1. The first-order chi connectivity index (χ1) is 8.34. The Labute approximate surface area is 111 Å². The Morgan fingerprint density at radius 2 is 2.11 bits per heavy atom. The van der Waals surface area contributed by atoms with Gasteiger partial charge in [0.05, 0.1) is 4.90 Å². The van der Waals surface area contributed by atoms with E-state index in [-0.39, 0.29) is 24.3 Å². The standard InChI is InChI=1S/C11H14ClNO4S/c1-13(7-3-6-11(14)15)18(16,17)10-5-2-4-9(12)8-10/h2,4-5,8H,3,6-7H2,1H3,(H,14,15). The fourth-order valence-electron chi connectivity index (χ4n) is 1.38. The Bertz CT molecular complexity index is 530. The molecule has 0 bridgehead atoms. The lowest BCUT2D eigenvalue weighted by molar-refractivity contribution is -0.137. The molecule has 1 N–H and O–H groups in total. The maximum Gasteiger partial charge on any atom is 0.303 e. The smallest absolute Gasteiger partial charge is 0.303 e. The van der Waals surface area contributed by atoms with Crippen molar-refractivity contribution < 1.29 is 18.3 Å². The second kappa shape index (κ2) is 6.17. The number of carboxylic acid groups (broad SMARTS) is 1. The number of hydrogen-bond acceptors (Lipinski definition) is 3. The summed E-state index contributed by atoms with van der Waals surface area (Å²) in [6, 6.07) is 5.96. The molecule has 7 heteroatoms. The topological polar surface area (TPSA) is 74.7 Å². The molecule has 0 atom stereocenters. The largest absolute Gasteiger partial charge is 0.481 e. The Hall–Kier alpha value is -1.11. The van der Waals surface area contributed by atoms with E-state index >= 15 is 0 Å². The van der Waals surface area contributed by atoms with E-state index in [1.165, 1.54) is 19.2 Å². The van der Waals surface area contributed by atoms with Gasteiger partial charge < -0.3 is 5.11 Å². The predicted molar refractivity (Wildman–Crippen MR) is 68.1 cm³/mol. The van der Waals surface area contributed by atoms with E-state index in [4.69, 9.17) is 16.7 Å². The van der Waals surface area contributed by atoms with Crippen molar-refractivity contribution in [3.8, 4) is 0 Å². The van der Waals surface area contributed by atoms with Gasteiger partial charge in [-0.2, -0.15) is 0 Å². The van der Waals surface area contributed by atoms with Gasteiger partial charge in [0.15, 0.2) is 0 Å². The highest BCUT2D eigenvalue weighted by molar-refractivity contribution is 7.89. The van der Waals surface area contributed by atoms with Crippen molar-refractivity contribution in [2.75, 3.05) is 13.6 Å². The van der Waals surface area contributed by atoms with Crippen molar-refractivity contribution in [1.82, 2.24) is 4.31 Å². The van der Waals surface area contributed by atoms with Crippen LogP contribution in [0.15, 0.2) is 29.2 Å². The molecule has 0 aromatic heterocycles. The third-order valence-corrected chi connectivity index (χ3v) is 4.46. The molecule has 0 aliphatic rings. The zero-order valence-electron chi connectivity index (χ0n) is 9.84. The van der Waals surface area contributed by atoms with Crippen LogP contribution in [0, 0.1) is 0 Å². The van der Waals surface area contributed by atoms with Crippen LogP contribution in [0.2, 0.25) is 5.02 Å². The van der Waals surface area contributed by atoms with Crippen LogP contribution in [0.25, 0.3) is 0 Å². The van der Waals surface area contributed by atoms with Crippen LogP contribution >= 0.6 is 11.6 Å². The van der Waals surface area contributed by atoms with Crippen molar-refractivity contribution >= 4 is 27.6 Å². The number of aliphatic carboxylic acids is 1. The predicted octanol–water partition coefficient (Wildman–Crippen LogP) is 1.83. The molecular formula is C11H14ClNO4S. The van der Waals surface area contributed by atoms with Crippen LogP contribution in [0.5, 0.6) is 0 Å². The SMILES string of the molecule is CN(CCCC(=O)O)S(=O)(=O)c1cccc(Cl)c1. The molecule has 1 aromatic carbocycles. The molecule has 0 unspecified atom stereocenters. The third kappa shape index (κ3) is 3.97. The Morgan fingerprint density at radius 1 is 1.44 bits per heavy atom. The van der Waals surface area contributed by atoms with Crippen molar-refractivity contribution in [2.24, 2.45) is 0 Å². The average molecular weight is 292 g/mol.